The molecule has 3 heteroatoms. The number of hydrogen-bond acceptors (Lipinski definition) is 2. The van der Waals surface area contributed by atoms with Gasteiger partial charge in [0.15, 0.2) is 0 Å². The summed E-state index contributed by atoms with van der Waals surface area (Å²) >= 11 is 0. The summed E-state index contributed by atoms with van der Waals surface area (Å²) in [5.74, 6) is 0.983. The molecule has 3 aliphatic rings. The summed E-state index contributed by atoms with van der Waals surface area (Å²) in [6, 6.07) is 6.77. The van der Waals surface area contributed by atoms with E-state index in [4.69, 9.17) is 4.74 Å². The third-order valence-corrected chi connectivity index (χ3v) is 8.43. The first-order valence-electron chi connectivity index (χ1n) is 10.7. The molecule has 5 rings (SSSR count). The van der Waals surface area contributed by atoms with Crippen LogP contribution in [0.5, 0.6) is 0 Å². The summed E-state index contributed by atoms with van der Waals surface area (Å²) in [6.07, 6.45) is 5.15. The van der Waals surface area contributed by atoms with E-state index in [1.54, 1.807) is 5.57 Å². The molecule has 28 heavy (non-hydrogen) atoms. The van der Waals surface area contributed by atoms with Gasteiger partial charge >= 0.3 is 5.97 Å². The maximum Gasteiger partial charge on any atom is 0.315 e. The van der Waals surface area contributed by atoms with Crippen molar-refractivity contribution < 1.29 is 9.53 Å². The lowest BCUT2D eigenvalue weighted by molar-refractivity contribution is -0.150. The van der Waals surface area contributed by atoms with Gasteiger partial charge in [-0.2, -0.15) is 0 Å². The third-order valence-electron chi connectivity index (χ3n) is 8.43. The van der Waals surface area contributed by atoms with Crippen molar-refractivity contribution in [3.8, 4) is 0 Å². The van der Waals surface area contributed by atoms with Gasteiger partial charge in [0, 0.05) is 22.5 Å². The Kier molecular flexibility index (Phi) is 3.70. The van der Waals surface area contributed by atoms with Gasteiger partial charge in [0.05, 0.1) is 12.5 Å². The number of aryl methyl sites for hydroxylation is 1. The Bertz CT molecular complexity index is 1030. The largest absolute Gasteiger partial charge is 0.468 e. The predicted octanol–water partition coefficient (Wildman–Crippen LogP) is 5.82. The van der Waals surface area contributed by atoms with Crippen LogP contribution in [0.25, 0.3) is 10.9 Å². The van der Waals surface area contributed by atoms with Gasteiger partial charge < -0.3 is 9.72 Å². The molecule has 1 heterocycles. The fourth-order valence-electron chi connectivity index (χ4n) is 6.58. The van der Waals surface area contributed by atoms with Gasteiger partial charge in [0.2, 0.25) is 0 Å². The Morgan fingerprint density at radius 3 is 2.79 bits per heavy atom. The Morgan fingerprint density at radius 2 is 2.04 bits per heavy atom. The number of esters is 1. The van der Waals surface area contributed by atoms with E-state index in [1.165, 1.54) is 40.4 Å². The average molecular weight is 378 g/mol. The van der Waals surface area contributed by atoms with Crippen LogP contribution in [0.4, 0.5) is 0 Å². The number of rotatable bonds is 1. The van der Waals surface area contributed by atoms with Crippen LogP contribution in [0.2, 0.25) is 0 Å². The van der Waals surface area contributed by atoms with Crippen molar-refractivity contribution in [2.75, 3.05) is 7.11 Å². The normalized spacial score (nSPS) is 34.2. The van der Waals surface area contributed by atoms with Crippen LogP contribution < -0.4 is 0 Å². The second-order valence-electron chi connectivity index (χ2n) is 9.91. The molecule has 3 nitrogen and oxygen atoms in total. The fourth-order valence-corrected chi connectivity index (χ4v) is 6.58. The first kappa shape index (κ1) is 18.0. The lowest BCUT2D eigenvalue weighted by atomic mass is 9.49. The number of ether oxygens (including phenoxy) is 1. The molecule has 3 aliphatic carbocycles. The van der Waals surface area contributed by atoms with E-state index >= 15 is 0 Å². The SMILES string of the molecule is COC(=O)[C@@]1(C)CC[C@@H]2C3=C1CC[C@@H](C)[C@]3(C)Cc1c2[nH]c2ccc(C)cc12. The smallest absolute Gasteiger partial charge is 0.315 e. The Labute approximate surface area is 167 Å². The van der Waals surface area contributed by atoms with Crippen molar-refractivity contribution >= 4 is 16.9 Å². The number of aromatic nitrogens is 1. The summed E-state index contributed by atoms with van der Waals surface area (Å²) in [4.78, 5) is 16.6. The zero-order valence-electron chi connectivity index (χ0n) is 17.7. The molecular formula is C25H31NO2. The van der Waals surface area contributed by atoms with Crippen molar-refractivity contribution in [3.05, 3.63) is 46.2 Å². The molecule has 148 valence electrons. The molecule has 0 saturated heterocycles. The van der Waals surface area contributed by atoms with Gasteiger partial charge in [-0.3, -0.25) is 4.79 Å². The molecule has 0 spiro atoms. The number of H-pyrrole nitrogens is 1. The van der Waals surface area contributed by atoms with Gasteiger partial charge in [-0.05, 0) is 75.0 Å². The highest BCUT2D eigenvalue weighted by Crippen LogP contribution is 2.63. The monoisotopic (exact) mass is 377 g/mol. The summed E-state index contributed by atoms with van der Waals surface area (Å²) < 4.78 is 5.27. The van der Waals surface area contributed by atoms with E-state index in [1.807, 2.05) is 0 Å². The number of carbonyl (C=O) groups excluding carboxylic acids is 1. The van der Waals surface area contributed by atoms with Crippen LogP contribution in [0.1, 0.15) is 69.2 Å². The number of aromatic amines is 1. The van der Waals surface area contributed by atoms with Crippen LogP contribution in [-0.4, -0.2) is 18.1 Å². The molecular weight excluding hydrogens is 346 g/mol. The Balaban J connectivity index is 1.79. The van der Waals surface area contributed by atoms with E-state index in [0.717, 1.165) is 32.1 Å². The molecule has 0 amide bonds. The molecule has 0 fully saturated rings. The molecule has 0 saturated carbocycles. The van der Waals surface area contributed by atoms with Gasteiger partial charge in [0.1, 0.15) is 0 Å². The van der Waals surface area contributed by atoms with Crippen LogP contribution in [0, 0.1) is 23.7 Å². The van der Waals surface area contributed by atoms with E-state index in [0.29, 0.717) is 11.8 Å². The van der Waals surface area contributed by atoms with Crippen molar-refractivity contribution in [1.29, 1.82) is 0 Å². The molecule has 1 N–H and O–H groups in total. The predicted molar refractivity (Wildman–Crippen MR) is 112 cm³/mol. The van der Waals surface area contributed by atoms with Gasteiger partial charge in [-0.25, -0.2) is 0 Å². The van der Waals surface area contributed by atoms with Crippen molar-refractivity contribution in [3.63, 3.8) is 0 Å². The Hall–Kier alpha value is -2.03. The zero-order valence-corrected chi connectivity index (χ0v) is 17.7. The van der Waals surface area contributed by atoms with Crippen LogP contribution in [-0.2, 0) is 16.0 Å². The van der Waals surface area contributed by atoms with Crippen molar-refractivity contribution in [2.24, 2.45) is 16.7 Å². The quantitative estimate of drug-likeness (QED) is 0.502. The summed E-state index contributed by atoms with van der Waals surface area (Å²) in [6.45, 7) is 9.17. The molecule has 1 aromatic heterocycles. The minimum atomic E-state index is -0.456. The van der Waals surface area contributed by atoms with E-state index < -0.39 is 5.41 Å². The fraction of sp³-hybridized carbons (Fsp3) is 0.560. The van der Waals surface area contributed by atoms with Crippen LogP contribution >= 0.6 is 0 Å². The third kappa shape index (κ3) is 2.13. The van der Waals surface area contributed by atoms with E-state index in [-0.39, 0.29) is 11.4 Å². The topological polar surface area (TPSA) is 42.1 Å². The zero-order chi connectivity index (χ0) is 19.8. The standard InChI is InChI=1S/C25H31NO2/c1-14-6-9-20-17(12-14)18-13-25(4)15(2)7-8-19-21(25)16(22(18)26-20)10-11-24(19,3)23(27)28-5/h6,9,12,15-16,26H,7-8,10-11,13H2,1-5H3/t15-,16-,24+,25+/m1/s1. The van der Waals surface area contributed by atoms with Crippen molar-refractivity contribution in [1.82, 2.24) is 4.98 Å². The second kappa shape index (κ2) is 5.75. The van der Waals surface area contributed by atoms with Crippen molar-refractivity contribution in [2.45, 2.75) is 65.7 Å². The first-order chi connectivity index (χ1) is 13.3. The first-order valence-corrected chi connectivity index (χ1v) is 10.7. The highest BCUT2D eigenvalue weighted by atomic mass is 16.5. The molecule has 2 aromatic rings. The number of hydrogen-bond donors (Lipinski definition) is 1. The van der Waals surface area contributed by atoms with Gasteiger partial charge in [-0.15, -0.1) is 0 Å². The maximum absolute atomic E-state index is 12.8. The highest BCUT2D eigenvalue weighted by Gasteiger charge is 2.55. The average Bonchev–Trinajstić information content (AvgIpc) is 3.03. The Morgan fingerprint density at radius 1 is 1.25 bits per heavy atom. The minimum absolute atomic E-state index is 0.0524. The number of nitrogens with one attached hydrogen (secondary N) is 1. The van der Waals surface area contributed by atoms with Crippen LogP contribution in [0.15, 0.2) is 29.3 Å². The highest BCUT2D eigenvalue weighted by molar-refractivity contribution is 5.87. The molecule has 0 aliphatic heterocycles. The summed E-state index contributed by atoms with van der Waals surface area (Å²) in [5.41, 5.74) is 8.12. The molecule has 1 aromatic carbocycles. The molecule has 0 radical (unpaired) electrons. The lowest BCUT2D eigenvalue weighted by Gasteiger charge is -2.54. The second-order valence-corrected chi connectivity index (χ2v) is 9.91. The van der Waals surface area contributed by atoms with Gasteiger partial charge in [0.25, 0.3) is 0 Å². The molecule has 4 atom stereocenters. The number of fused-ring (bicyclic) bond motifs is 4. The maximum atomic E-state index is 12.8. The number of carbonyl (C=O) groups is 1. The number of methoxy groups -OCH3 is 1. The molecule has 0 bridgehead atoms. The number of benzene rings is 1. The lowest BCUT2D eigenvalue weighted by Crippen LogP contribution is -2.47. The van der Waals surface area contributed by atoms with E-state index in [2.05, 4.69) is 50.9 Å². The number of allylic oxidation sites excluding steroid dienone is 1. The van der Waals surface area contributed by atoms with E-state index in [9.17, 15) is 4.79 Å². The van der Waals surface area contributed by atoms with Gasteiger partial charge in [-0.1, -0.05) is 36.6 Å². The van der Waals surface area contributed by atoms with Crippen LogP contribution in [0.3, 0.4) is 0 Å². The molecule has 0 unspecified atom stereocenters. The summed E-state index contributed by atoms with van der Waals surface area (Å²) in [7, 11) is 1.54. The minimum Gasteiger partial charge on any atom is -0.468 e. The summed E-state index contributed by atoms with van der Waals surface area (Å²) in [5, 5.41) is 1.40.